The van der Waals surface area contributed by atoms with Crippen molar-refractivity contribution < 1.29 is 17.9 Å². The smallest absolute Gasteiger partial charge is 0.338 e. The first kappa shape index (κ1) is 16.1. The predicted molar refractivity (Wildman–Crippen MR) is 80.7 cm³/mol. The number of carbonyl (C=O) groups excluding carboxylic acids is 1. The summed E-state index contributed by atoms with van der Waals surface area (Å²) in [6.07, 6.45) is 1.60. The molecule has 0 aliphatic carbocycles. The fraction of sp³-hybridized carbons (Fsp3) is 0.200. The lowest BCUT2D eigenvalue weighted by Gasteiger charge is -2.12. The molecule has 22 heavy (non-hydrogen) atoms. The summed E-state index contributed by atoms with van der Waals surface area (Å²) in [4.78, 5) is 16.1. The van der Waals surface area contributed by atoms with Gasteiger partial charge in [-0.3, -0.25) is 4.98 Å². The molecule has 2 aromatic rings. The molecule has 0 saturated carbocycles. The molecule has 1 aromatic heterocycles. The van der Waals surface area contributed by atoms with Crippen molar-refractivity contribution in [2.45, 2.75) is 11.5 Å². The summed E-state index contributed by atoms with van der Waals surface area (Å²) in [6, 6.07) is 11.0. The fourth-order valence-electron chi connectivity index (χ4n) is 1.70. The monoisotopic (exact) mass is 320 g/mol. The van der Waals surface area contributed by atoms with Gasteiger partial charge in [0.2, 0.25) is 10.0 Å². The maximum absolute atomic E-state index is 12.0. The molecule has 0 aliphatic rings. The second kappa shape index (κ2) is 6.67. The van der Waals surface area contributed by atoms with Crippen molar-refractivity contribution in [1.29, 1.82) is 0 Å². The molecule has 0 amide bonds. The number of carbonyl (C=O) groups is 1. The Kier molecular flexibility index (Phi) is 4.89. The Balaban J connectivity index is 2.14. The predicted octanol–water partition coefficient (Wildman–Crippen LogP) is 1.69. The highest BCUT2D eigenvalue weighted by Crippen LogP contribution is 2.15. The molecule has 0 bridgehead atoms. The van der Waals surface area contributed by atoms with E-state index in [0.29, 0.717) is 5.69 Å². The van der Waals surface area contributed by atoms with Gasteiger partial charge in [-0.25, -0.2) is 17.5 Å². The standard InChI is InChI=1S/C15H16N2O4S/c1-17(2)22(19,20)14-8-5-6-12(10-14)15(18)21-11-13-7-3-4-9-16-13/h3-10H,11H2,1-2H3. The van der Waals surface area contributed by atoms with Crippen LogP contribution in [0.5, 0.6) is 0 Å². The van der Waals surface area contributed by atoms with Crippen LogP contribution in [-0.4, -0.2) is 37.8 Å². The summed E-state index contributed by atoms with van der Waals surface area (Å²) in [5.74, 6) is -0.596. The first-order valence-electron chi connectivity index (χ1n) is 6.51. The van der Waals surface area contributed by atoms with Gasteiger partial charge in [-0.05, 0) is 30.3 Å². The number of rotatable bonds is 5. The van der Waals surface area contributed by atoms with Gasteiger partial charge >= 0.3 is 5.97 Å². The van der Waals surface area contributed by atoms with Gasteiger partial charge in [0.15, 0.2) is 0 Å². The molecule has 0 N–H and O–H groups in total. The fourth-order valence-corrected chi connectivity index (χ4v) is 2.65. The summed E-state index contributed by atoms with van der Waals surface area (Å²) < 4.78 is 30.3. The van der Waals surface area contributed by atoms with Gasteiger partial charge in [0.25, 0.3) is 0 Å². The van der Waals surface area contributed by atoms with Crippen LogP contribution in [0.2, 0.25) is 0 Å². The summed E-state index contributed by atoms with van der Waals surface area (Å²) in [5, 5.41) is 0. The molecule has 116 valence electrons. The highest BCUT2D eigenvalue weighted by Gasteiger charge is 2.19. The van der Waals surface area contributed by atoms with Gasteiger partial charge < -0.3 is 4.74 Å². The van der Waals surface area contributed by atoms with Gasteiger partial charge in [0, 0.05) is 20.3 Å². The second-order valence-corrected chi connectivity index (χ2v) is 6.86. The minimum Gasteiger partial charge on any atom is -0.456 e. The number of nitrogens with zero attached hydrogens (tertiary/aromatic N) is 2. The van der Waals surface area contributed by atoms with Gasteiger partial charge in [0.05, 0.1) is 16.2 Å². The zero-order valence-electron chi connectivity index (χ0n) is 12.3. The average Bonchev–Trinajstić information content (AvgIpc) is 2.53. The number of ether oxygens (including phenoxy) is 1. The number of hydrogen-bond donors (Lipinski definition) is 0. The van der Waals surface area contributed by atoms with Crippen molar-refractivity contribution in [3.63, 3.8) is 0 Å². The highest BCUT2D eigenvalue weighted by atomic mass is 32.2. The van der Waals surface area contributed by atoms with Crippen LogP contribution in [0, 0.1) is 0 Å². The maximum Gasteiger partial charge on any atom is 0.338 e. The molecule has 1 aromatic carbocycles. The Labute approximate surface area is 129 Å². The van der Waals surface area contributed by atoms with Crippen molar-refractivity contribution in [2.24, 2.45) is 0 Å². The van der Waals surface area contributed by atoms with Crippen LogP contribution in [-0.2, 0) is 21.4 Å². The lowest BCUT2D eigenvalue weighted by atomic mass is 10.2. The van der Waals surface area contributed by atoms with Gasteiger partial charge in [-0.15, -0.1) is 0 Å². The largest absolute Gasteiger partial charge is 0.456 e. The van der Waals surface area contributed by atoms with Crippen LogP contribution in [0.25, 0.3) is 0 Å². The number of benzene rings is 1. The van der Waals surface area contributed by atoms with E-state index < -0.39 is 16.0 Å². The van der Waals surface area contributed by atoms with Crippen molar-refractivity contribution >= 4 is 16.0 Å². The van der Waals surface area contributed by atoms with E-state index in [1.165, 1.54) is 38.4 Å². The zero-order valence-corrected chi connectivity index (χ0v) is 13.1. The summed E-state index contributed by atoms with van der Waals surface area (Å²) in [5.41, 5.74) is 0.798. The van der Waals surface area contributed by atoms with Crippen LogP contribution in [0.3, 0.4) is 0 Å². The first-order chi connectivity index (χ1) is 10.4. The third-order valence-electron chi connectivity index (χ3n) is 2.93. The summed E-state index contributed by atoms with van der Waals surface area (Å²) >= 11 is 0. The van der Waals surface area contributed by atoms with Crippen molar-refractivity contribution in [3.05, 3.63) is 59.9 Å². The molecule has 1 heterocycles. The summed E-state index contributed by atoms with van der Waals surface area (Å²) in [7, 11) is -0.723. The molecule has 0 saturated heterocycles. The van der Waals surface area contributed by atoms with Gasteiger partial charge in [-0.1, -0.05) is 12.1 Å². The Morgan fingerprint density at radius 1 is 1.18 bits per heavy atom. The minimum absolute atomic E-state index is 0.0321. The number of hydrogen-bond acceptors (Lipinski definition) is 5. The molecule has 0 unspecified atom stereocenters. The maximum atomic E-state index is 12.0. The number of sulfonamides is 1. The summed E-state index contributed by atoms with van der Waals surface area (Å²) in [6.45, 7) is 0.0321. The second-order valence-electron chi connectivity index (χ2n) is 4.71. The Bertz CT molecular complexity index is 758. The third-order valence-corrected chi connectivity index (χ3v) is 4.74. The minimum atomic E-state index is -3.59. The van der Waals surface area contributed by atoms with Crippen LogP contribution >= 0.6 is 0 Å². The van der Waals surface area contributed by atoms with E-state index >= 15 is 0 Å². The Morgan fingerprint density at radius 2 is 1.95 bits per heavy atom. The number of esters is 1. The Hall–Kier alpha value is -2.25. The van der Waals surface area contributed by atoms with E-state index in [-0.39, 0.29) is 17.1 Å². The molecule has 6 nitrogen and oxygen atoms in total. The van der Waals surface area contributed by atoms with Crippen molar-refractivity contribution in [3.8, 4) is 0 Å². The molecule has 0 spiro atoms. The molecule has 0 atom stereocenters. The van der Waals surface area contributed by atoms with E-state index in [2.05, 4.69) is 4.98 Å². The lowest BCUT2D eigenvalue weighted by Crippen LogP contribution is -2.22. The first-order valence-corrected chi connectivity index (χ1v) is 7.95. The Morgan fingerprint density at radius 3 is 2.59 bits per heavy atom. The average molecular weight is 320 g/mol. The zero-order chi connectivity index (χ0) is 16.2. The van der Waals surface area contributed by atoms with E-state index in [9.17, 15) is 13.2 Å². The lowest BCUT2D eigenvalue weighted by molar-refractivity contribution is 0.0467. The van der Waals surface area contributed by atoms with Crippen molar-refractivity contribution in [2.75, 3.05) is 14.1 Å². The highest BCUT2D eigenvalue weighted by molar-refractivity contribution is 7.89. The van der Waals surface area contributed by atoms with Crippen LogP contribution in [0.15, 0.2) is 53.6 Å². The van der Waals surface area contributed by atoms with Gasteiger partial charge in [-0.2, -0.15) is 0 Å². The molecular weight excluding hydrogens is 304 g/mol. The van der Waals surface area contributed by atoms with Crippen LogP contribution < -0.4 is 0 Å². The third kappa shape index (κ3) is 3.69. The SMILES string of the molecule is CN(C)S(=O)(=O)c1cccc(C(=O)OCc2ccccn2)c1. The van der Waals surface area contributed by atoms with Crippen LogP contribution in [0.1, 0.15) is 16.1 Å². The normalized spacial score (nSPS) is 11.4. The topological polar surface area (TPSA) is 76.6 Å². The molecule has 7 heteroatoms. The van der Waals surface area contributed by atoms with E-state index in [4.69, 9.17) is 4.74 Å². The van der Waals surface area contributed by atoms with E-state index in [1.54, 1.807) is 24.4 Å². The van der Waals surface area contributed by atoms with E-state index in [0.717, 1.165) is 4.31 Å². The van der Waals surface area contributed by atoms with Gasteiger partial charge in [0.1, 0.15) is 6.61 Å². The number of pyridine rings is 1. The van der Waals surface area contributed by atoms with Crippen LogP contribution in [0.4, 0.5) is 0 Å². The molecule has 0 aliphatic heterocycles. The van der Waals surface area contributed by atoms with E-state index in [1.807, 2.05) is 0 Å². The van der Waals surface area contributed by atoms with Crippen molar-refractivity contribution in [1.82, 2.24) is 9.29 Å². The molecule has 0 radical (unpaired) electrons. The molecule has 0 fully saturated rings. The molecule has 2 rings (SSSR count). The quantitative estimate of drug-likeness (QED) is 0.784. The number of aromatic nitrogens is 1. The molecular formula is C15H16N2O4S.